The Morgan fingerprint density at radius 1 is 1.35 bits per heavy atom. The van der Waals surface area contributed by atoms with E-state index in [0.29, 0.717) is 24.1 Å². The van der Waals surface area contributed by atoms with E-state index in [1.807, 2.05) is 19.1 Å². The Morgan fingerprint density at radius 3 is 2.88 bits per heavy atom. The number of carbonyl (C=O) groups excluding carboxylic acids is 2. The first-order chi connectivity index (χ1) is 8.01. The highest BCUT2D eigenvalue weighted by molar-refractivity contribution is 6.07. The summed E-state index contributed by atoms with van der Waals surface area (Å²) in [6, 6.07) is 5.50. The number of rotatable bonds is 0. The van der Waals surface area contributed by atoms with Crippen molar-refractivity contribution in [2.75, 3.05) is 4.90 Å². The molecular formula is C13H13NO3. The van der Waals surface area contributed by atoms with Crippen LogP contribution in [-0.2, 0) is 9.53 Å². The van der Waals surface area contributed by atoms with Crippen LogP contribution in [0.3, 0.4) is 0 Å². The van der Waals surface area contributed by atoms with Gasteiger partial charge in [0, 0.05) is 12.8 Å². The fraction of sp³-hybridized carbons (Fsp3) is 0.385. The quantitative estimate of drug-likeness (QED) is 0.642. The lowest BCUT2D eigenvalue weighted by Crippen LogP contribution is -2.50. The minimum absolute atomic E-state index is 0.0186. The van der Waals surface area contributed by atoms with Crippen LogP contribution in [0.5, 0.6) is 0 Å². The first kappa shape index (κ1) is 10.3. The molecule has 1 saturated heterocycles. The Bertz CT molecular complexity index is 537. The number of anilines is 1. The molecule has 88 valence electrons. The van der Waals surface area contributed by atoms with Crippen LogP contribution in [0, 0.1) is 6.92 Å². The number of carbonyl (C=O) groups is 2. The average molecular weight is 231 g/mol. The van der Waals surface area contributed by atoms with Gasteiger partial charge in [-0.3, -0.25) is 9.69 Å². The van der Waals surface area contributed by atoms with E-state index in [0.717, 1.165) is 5.56 Å². The number of hydrogen-bond donors (Lipinski definition) is 0. The number of nitrogens with zero attached hydrogens (tertiary/aromatic N) is 1. The molecule has 0 bridgehead atoms. The molecule has 3 rings (SSSR count). The molecule has 0 radical (unpaired) electrons. The van der Waals surface area contributed by atoms with Crippen molar-refractivity contribution >= 4 is 17.6 Å². The summed E-state index contributed by atoms with van der Waals surface area (Å²) < 4.78 is 5.42. The van der Waals surface area contributed by atoms with Crippen LogP contribution in [0.1, 0.15) is 35.7 Å². The maximum atomic E-state index is 11.9. The van der Waals surface area contributed by atoms with E-state index in [9.17, 15) is 9.59 Å². The standard InChI is InChI=1S/C13H13NO3/c1-8-3-4-10-9(7-8)12(16)17-13(2)6-5-11(15)14(10)13/h3-4,7H,5-6H2,1-2H3. The molecule has 0 N–H and O–H groups in total. The van der Waals surface area contributed by atoms with Gasteiger partial charge in [0.1, 0.15) is 0 Å². The van der Waals surface area contributed by atoms with E-state index in [1.54, 1.807) is 17.9 Å². The molecule has 4 nitrogen and oxygen atoms in total. The highest BCUT2D eigenvalue weighted by Gasteiger charge is 2.50. The van der Waals surface area contributed by atoms with Gasteiger partial charge in [-0.2, -0.15) is 0 Å². The van der Waals surface area contributed by atoms with Crippen LogP contribution in [0.25, 0.3) is 0 Å². The highest BCUT2D eigenvalue weighted by atomic mass is 16.6. The third kappa shape index (κ3) is 1.30. The summed E-state index contributed by atoms with van der Waals surface area (Å²) in [6.45, 7) is 3.70. The van der Waals surface area contributed by atoms with Gasteiger partial charge in [-0.1, -0.05) is 11.6 Å². The number of esters is 1. The second-order valence-electron chi connectivity index (χ2n) is 4.81. The number of fused-ring (bicyclic) bond motifs is 3. The van der Waals surface area contributed by atoms with Crippen LogP contribution in [0.15, 0.2) is 18.2 Å². The molecule has 0 spiro atoms. The molecular weight excluding hydrogens is 218 g/mol. The van der Waals surface area contributed by atoms with Gasteiger partial charge in [0.15, 0.2) is 5.72 Å². The van der Waals surface area contributed by atoms with E-state index >= 15 is 0 Å². The molecule has 0 aliphatic carbocycles. The lowest BCUT2D eigenvalue weighted by molar-refractivity contribution is -0.118. The monoisotopic (exact) mass is 231 g/mol. The van der Waals surface area contributed by atoms with Crippen LogP contribution in [0.2, 0.25) is 0 Å². The minimum Gasteiger partial charge on any atom is -0.435 e. The van der Waals surface area contributed by atoms with E-state index in [2.05, 4.69) is 0 Å². The predicted octanol–water partition coefficient (Wildman–Crippen LogP) is 2.01. The summed E-state index contributed by atoms with van der Waals surface area (Å²) in [5.74, 6) is -0.317. The first-order valence-electron chi connectivity index (χ1n) is 5.68. The zero-order valence-electron chi connectivity index (χ0n) is 9.82. The molecule has 1 aromatic carbocycles. The molecule has 1 unspecified atom stereocenters. The maximum Gasteiger partial charge on any atom is 0.342 e. The summed E-state index contributed by atoms with van der Waals surface area (Å²) in [5, 5.41) is 0. The van der Waals surface area contributed by atoms with Gasteiger partial charge in [0.2, 0.25) is 5.91 Å². The van der Waals surface area contributed by atoms with Crippen molar-refractivity contribution in [1.29, 1.82) is 0 Å². The van der Waals surface area contributed by atoms with Gasteiger partial charge in [0.05, 0.1) is 11.3 Å². The summed E-state index contributed by atoms with van der Waals surface area (Å²) in [4.78, 5) is 25.4. The maximum absolute atomic E-state index is 11.9. The lowest BCUT2D eigenvalue weighted by atomic mass is 10.0. The van der Waals surface area contributed by atoms with Crippen molar-refractivity contribution < 1.29 is 14.3 Å². The van der Waals surface area contributed by atoms with Gasteiger partial charge in [0.25, 0.3) is 0 Å². The van der Waals surface area contributed by atoms with Gasteiger partial charge < -0.3 is 4.74 Å². The fourth-order valence-electron chi connectivity index (χ4n) is 2.58. The van der Waals surface area contributed by atoms with E-state index < -0.39 is 5.72 Å². The second-order valence-corrected chi connectivity index (χ2v) is 4.81. The molecule has 1 fully saturated rings. The lowest BCUT2D eigenvalue weighted by Gasteiger charge is -2.39. The van der Waals surface area contributed by atoms with Gasteiger partial charge in [-0.05, 0) is 26.0 Å². The zero-order valence-corrected chi connectivity index (χ0v) is 9.82. The molecule has 0 aromatic heterocycles. The van der Waals surface area contributed by atoms with Crippen LogP contribution < -0.4 is 4.90 Å². The minimum atomic E-state index is -0.795. The predicted molar refractivity (Wildman–Crippen MR) is 61.7 cm³/mol. The molecule has 2 heterocycles. The van der Waals surface area contributed by atoms with Crippen LogP contribution in [0.4, 0.5) is 5.69 Å². The van der Waals surface area contributed by atoms with Crippen molar-refractivity contribution in [3.63, 3.8) is 0 Å². The Morgan fingerprint density at radius 2 is 2.12 bits per heavy atom. The van der Waals surface area contributed by atoms with Crippen molar-refractivity contribution in [1.82, 2.24) is 0 Å². The average Bonchev–Trinajstić information content (AvgIpc) is 2.56. The van der Waals surface area contributed by atoms with Crippen molar-refractivity contribution in [2.24, 2.45) is 0 Å². The SMILES string of the molecule is Cc1ccc2c(c1)C(=O)OC1(C)CCC(=O)N21. The molecule has 2 aliphatic heterocycles. The number of hydrogen-bond acceptors (Lipinski definition) is 3. The van der Waals surface area contributed by atoms with Gasteiger partial charge in [-0.25, -0.2) is 4.79 Å². The van der Waals surface area contributed by atoms with Crippen LogP contribution in [-0.4, -0.2) is 17.6 Å². The number of benzene rings is 1. The largest absolute Gasteiger partial charge is 0.435 e. The third-order valence-electron chi connectivity index (χ3n) is 3.45. The van der Waals surface area contributed by atoms with Crippen molar-refractivity contribution in [3.05, 3.63) is 29.3 Å². The number of aryl methyl sites for hydroxylation is 1. The van der Waals surface area contributed by atoms with E-state index in [-0.39, 0.29) is 11.9 Å². The third-order valence-corrected chi connectivity index (χ3v) is 3.45. The van der Waals surface area contributed by atoms with Gasteiger partial charge >= 0.3 is 5.97 Å². The summed E-state index contributed by atoms with van der Waals surface area (Å²) in [6.07, 6.45) is 0.988. The summed E-state index contributed by atoms with van der Waals surface area (Å²) >= 11 is 0. The summed E-state index contributed by atoms with van der Waals surface area (Å²) in [5.41, 5.74) is 1.35. The Kier molecular flexibility index (Phi) is 1.88. The van der Waals surface area contributed by atoms with Crippen molar-refractivity contribution in [3.8, 4) is 0 Å². The topological polar surface area (TPSA) is 46.6 Å². The molecule has 17 heavy (non-hydrogen) atoms. The van der Waals surface area contributed by atoms with Gasteiger partial charge in [-0.15, -0.1) is 0 Å². The van der Waals surface area contributed by atoms with Crippen LogP contribution >= 0.6 is 0 Å². The molecule has 1 aromatic rings. The van der Waals surface area contributed by atoms with E-state index in [4.69, 9.17) is 4.74 Å². The van der Waals surface area contributed by atoms with Crippen molar-refractivity contribution in [2.45, 2.75) is 32.4 Å². The molecule has 0 saturated carbocycles. The first-order valence-corrected chi connectivity index (χ1v) is 5.68. The Balaban J connectivity index is 2.22. The highest BCUT2D eigenvalue weighted by Crippen LogP contribution is 2.42. The number of amides is 1. The Hall–Kier alpha value is -1.84. The normalized spacial score (nSPS) is 26.6. The smallest absolute Gasteiger partial charge is 0.342 e. The second kappa shape index (κ2) is 3.09. The molecule has 2 aliphatic rings. The molecule has 1 atom stereocenters. The van der Waals surface area contributed by atoms with E-state index in [1.165, 1.54) is 0 Å². The fourth-order valence-corrected chi connectivity index (χ4v) is 2.58. The Labute approximate surface area is 99.2 Å². The molecule has 4 heteroatoms. The number of ether oxygens (including phenoxy) is 1. The molecule has 1 amide bonds. The summed E-state index contributed by atoms with van der Waals surface area (Å²) in [7, 11) is 0. The zero-order chi connectivity index (χ0) is 12.2.